The van der Waals surface area contributed by atoms with Gasteiger partial charge >= 0.3 is 0 Å². The second-order valence-electron chi connectivity index (χ2n) is 7.24. The highest BCUT2D eigenvalue weighted by Crippen LogP contribution is 2.25. The predicted molar refractivity (Wildman–Crippen MR) is 105 cm³/mol. The van der Waals surface area contributed by atoms with Crippen LogP contribution < -0.4 is 11.1 Å². The molecule has 3 N–H and O–H groups in total. The second kappa shape index (κ2) is 6.57. The van der Waals surface area contributed by atoms with Crippen LogP contribution in [-0.2, 0) is 0 Å². The van der Waals surface area contributed by atoms with Crippen LogP contribution in [-0.4, -0.2) is 50.6 Å². The number of aromatic nitrogens is 4. The van der Waals surface area contributed by atoms with Crippen molar-refractivity contribution in [3.8, 4) is 5.82 Å². The molecule has 136 valence electrons. The smallest absolute Gasteiger partial charge is 0.207 e. The fourth-order valence-electron chi connectivity index (χ4n) is 3.63. The number of hydrogen-bond acceptors (Lipinski definition) is 6. The number of anilines is 2. The maximum atomic E-state index is 6.20. The highest BCUT2D eigenvalue weighted by atomic mass is 15.2. The average molecular weight is 351 g/mol. The number of hydrogen-bond donors (Lipinski definition) is 2. The largest absolute Gasteiger partial charge is 0.369 e. The number of likely N-dealkylation sites (tertiary alicyclic amines) is 1. The first kappa shape index (κ1) is 16.8. The molecule has 1 aliphatic heterocycles. The summed E-state index contributed by atoms with van der Waals surface area (Å²) in [5, 5.41) is 3.53. The summed E-state index contributed by atoms with van der Waals surface area (Å²) in [5.41, 5.74) is 10.5. The van der Waals surface area contributed by atoms with E-state index in [0.29, 0.717) is 12.0 Å². The Labute approximate surface area is 153 Å². The molecule has 3 heterocycles. The Hall–Kier alpha value is -2.67. The molecule has 1 aliphatic rings. The minimum absolute atomic E-state index is 0.401. The van der Waals surface area contributed by atoms with E-state index in [1.54, 1.807) is 6.33 Å². The summed E-state index contributed by atoms with van der Waals surface area (Å²) in [6.45, 7) is 6.35. The molecule has 2 aromatic heterocycles. The molecule has 1 aromatic carbocycles. The van der Waals surface area contributed by atoms with Gasteiger partial charge in [-0.3, -0.25) is 4.57 Å². The summed E-state index contributed by atoms with van der Waals surface area (Å²) in [6.07, 6.45) is 3.93. The molecule has 0 saturated carbocycles. The van der Waals surface area contributed by atoms with Gasteiger partial charge in [0.05, 0.1) is 11.0 Å². The van der Waals surface area contributed by atoms with Gasteiger partial charge < -0.3 is 16.0 Å². The van der Waals surface area contributed by atoms with Gasteiger partial charge in [0.1, 0.15) is 18.0 Å². The van der Waals surface area contributed by atoms with Gasteiger partial charge in [0.25, 0.3) is 0 Å². The van der Waals surface area contributed by atoms with Crippen molar-refractivity contribution < 1.29 is 0 Å². The predicted octanol–water partition coefficient (Wildman–Crippen LogP) is 2.52. The number of rotatable bonds is 3. The molecule has 0 bridgehead atoms. The lowest BCUT2D eigenvalue weighted by Crippen LogP contribution is -2.39. The number of benzene rings is 1. The summed E-state index contributed by atoms with van der Waals surface area (Å²) in [6, 6.07) is 6.52. The number of nitrogens with two attached hydrogens (primary N) is 1. The van der Waals surface area contributed by atoms with Crippen molar-refractivity contribution in [2.75, 3.05) is 31.2 Å². The molecule has 1 atom stereocenters. The average Bonchev–Trinajstić information content (AvgIpc) is 2.90. The third-order valence-corrected chi connectivity index (χ3v) is 5.15. The topological polar surface area (TPSA) is 84.9 Å². The van der Waals surface area contributed by atoms with E-state index in [9.17, 15) is 0 Å². The Morgan fingerprint density at radius 2 is 1.96 bits per heavy atom. The molecular weight excluding hydrogens is 326 g/mol. The van der Waals surface area contributed by atoms with Gasteiger partial charge in [-0.15, -0.1) is 0 Å². The van der Waals surface area contributed by atoms with E-state index < -0.39 is 0 Å². The van der Waals surface area contributed by atoms with Gasteiger partial charge in [-0.25, -0.2) is 15.0 Å². The fraction of sp³-hybridized carbons (Fsp3) is 0.421. The molecule has 1 unspecified atom stereocenters. The minimum Gasteiger partial charge on any atom is -0.369 e. The molecular formula is C19H25N7. The van der Waals surface area contributed by atoms with Gasteiger partial charge in [-0.1, -0.05) is 0 Å². The number of piperidine rings is 1. The van der Waals surface area contributed by atoms with Crippen LogP contribution in [0.5, 0.6) is 0 Å². The molecule has 1 fully saturated rings. The van der Waals surface area contributed by atoms with Crippen LogP contribution in [0.4, 0.5) is 11.8 Å². The zero-order valence-electron chi connectivity index (χ0n) is 15.5. The maximum Gasteiger partial charge on any atom is 0.207 e. The summed E-state index contributed by atoms with van der Waals surface area (Å²) < 4.78 is 1.89. The first-order valence-corrected chi connectivity index (χ1v) is 9.04. The van der Waals surface area contributed by atoms with E-state index in [-0.39, 0.29) is 0 Å². The van der Waals surface area contributed by atoms with Gasteiger partial charge in [0.2, 0.25) is 5.95 Å². The minimum atomic E-state index is 0.401. The Bertz CT molecular complexity index is 946. The van der Waals surface area contributed by atoms with E-state index in [0.717, 1.165) is 42.2 Å². The number of aryl methyl sites for hydroxylation is 2. The Kier molecular flexibility index (Phi) is 4.24. The molecule has 7 heteroatoms. The van der Waals surface area contributed by atoms with E-state index in [1.807, 2.05) is 10.6 Å². The molecule has 4 rings (SSSR count). The third-order valence-electron chi connectivity index (χ3n) is 5.15. The van der Waals surface area contributed by atoms with Crippen LogP contribution in [0.2, 0.25) is 0 Å². The number of fused-ring (bicyclic) bond motifs is 1. The van der Waals surface area contributed by atoms with Gasteiger partial charge in [0, 0.05) is 18.7 Å². The van der Waals surface area contributed by atoms with Crippen molar-refractivity contribution in [1.29, 1.82) is 0 Å². The molecule has 26 heavy (non-hydrogen) atoms. The SMILES string of the molecule is Cc1cc2nc(N)n(-c3cc(NC4CCCN(C)C4)ncn3)c2cc1C. The summed E-state index contributed by atoms with van der Waals surface area (Å²) in [5.74, 6) is 1.99. The van der Waals surface area contributed by atoms with Crippen molar-refractivity contribution in [2.24, 2.45) is 0 Å². The summed E-state index contributed by atoms with van der Waals surface area (Å²) >= 11 is 0. The lowest BCUT2D eigenvalue weighted by Gasteiger charge is -2.30. The van der Waals surface area contributed by atoms with Gasteiger partial charge in [0.15, 0.2) is 0 Å². The molecule has 0 amide bonds. The van der Waals surface area contributed by atoms with Crippen molar-refractivity contribution >= 4 is 22.8 Å². The highest BCUT2D eigenvalue weighted by Gasteiger charge is 2.18. The van der Waals surface area contributed by atoms with E-state index in [2.05, 4.69) is 58.2 Å². The third kappa shape index (κ3) is 3.10. The number of nitrogens with zero attached hydrogens (tertiary/aromatic N) is 5. The lowest BCUT2D eigenvalue weighted by molar-refractivity contribution is 0.260. The molecule has 0 aliphatic carbocycles. The normalized spacial score (nSPS) is 18.3. The van der Waals surface area contributed by atoms with Crippen LogP contribution in [0.15, 0.2) is 24.5 Å². The molecule has 0 spiro atoms. The number of nitrogen functional groups attached to an aromatic ring is 1. The second-order valence-corrected chi connectivity index (χ2v) is 7.24. The Morgan fingerprint density at radius 1 is 1.15 bits per heavy atom. The van der Waals surface area contributed by atoms with Crippen molar-refractivity contribution in [3.63, 3.8) is 0 Å². The molecule has 1 saturated heterocycles. The Balaban J connectivity index is 1.69. The van der Waals surface area contributed by atoms with Crippen molar-refractivity contribution in [1.82, 2.24) is 24.4 Å². The van der Waals surface area contributed by atoms with Crippen LogP contribution in [0.25, 0.3) is 16.9 Å². The van der Waals surface area contributed by atoms with E-state index in [4.69, 9.17) is 5.73 Å². The number of imidazole rings is 1. The standard InChI is InChI=1S/C19H25N7/c1-12-7-15-16(8-13(12)2)26(19(20)24-15)18-9-17(21-11-22-18)23-14-5-4-6-25(3)10-14/h7-9,11,14H,4-6,10H2,1-3H3,(H2,20,24)(H,21,22,23). The summed E-state index contributed by atoms with van der Waals surface area (Å²) in [4.78, 5) is 15.7. The Morgan fingerprint density at radius 3 is 2.77 bits per heavy atom. The first-order chi connectivity index (χ1) is 12.5. The van der Waals surface area contributed by atoms with Crippen LogP contribution in [0, 0.1) is 13.8 Å². The van der Waals surface area contributed by atoms with E-state index >= 15 is 0 Å². The van der Waals surface area contributed by atoms with Crippen LogP contribution in [0.3, 0.4) is 0 Å². The van der Waals surface area contributed by atoms with Crippen LogP contribution >= 0.6 is 0 Å². The number of likely N-dealkylation sites (N-methyl/N-ethyl adjacent to an activating group) is 1. The van der Waals surface area contributed by atoms with Gasteiger partial charge in [-0.05, 0) is 63.5 Å². The zero-order chi connectivity index (χ0) is 18.3. The highest BCUT2D eigenvalue weighted by molar-refractivity contribution is 5.82. The fourth-order valence-corrected chi connectivity index (χ4v) is 3.63. The van der Waals surface area contributed by atoms with Gasteiger partial charge in [-0.2, -0.15) is 0 Å². The first-order valence-electron chi connectivity index (χ1n) is 9.04. The molecule has 7 nitrogen and oxygen atoms in total. The van der Waals surface area contributed by atoms with Crippen molar-refractivity contribution in [2.45, 2.75) is 32.7 Å². The quantitative estimate of drug-likeness (QED) is 0.754. The van der Waals surface area contributed by atoms with E-state index in [1.165, 1.54) is 17.5 Å². The molecule has 0 radical (unpaired) electrons. The maximum absolute atomic E-state index is 6.20. The van der Waals surface area contributed by atoms with Crippen molar-refractivity contribution in [3.05, 3.63) is 35.7 Å². The number of nitrogens with one attached hydrogen (secondary N) is 1. The van der Waals surface area contributed by atoms with Crippen LogP contribution in [0.1, 0.15) is 24.0 Å². The zero-order valence-corrected chi connectivity index (χ0v) is 15.5. The molecule has 3 aromatic rings. The lowest BCUT2D eigenvalue weighted by atomic mass is 10.1. The summed E-state index contributed by atoms with van der Waals surface area (Å²) in [7, 11) is 2.15. The monoisotopic (exact) mass is 351 g/mol.